The molecule has 0 unspecified atom stereocenters. The molecule has 1 fully saturated rings. The summed E-state index contributed by atoms with van der Waals surface area (Å²) in [5.41, 5.74) is 3.49. The lowest BCUT2D eigenvalue weighted by Gasteiger charge is -2.51. The molecule has 7 heteroatoms. The summed E-state index contributed by atoms with van der Waals surface area (Å²) in [6.07, 6.45) is 2.80. The van der Waals surface area contributed by atoms with E-state index in [1.807, 2.05) is 71.0 Å². The van der Waals surface area contributed by atoms with E-state index in [-0.39, 0.29) is 19.0 Å². The van der Waals surface area contributed by atoms with Crippen molar-refractivity contribution in [3.8, 4) is 11.1 Å². The number of halogens is 1. The molecule has 6 nitrogen and oxygen atoms in total. The average molecular weight is 533 g/mol. The Morgan fingerprint density at radius 2 is 1.49 bits per heavy atom. The summed E-state index contributed by atoms with van der Waals surface area (Å²) in [4.78, 5) is 13.8. The molecule has 0 radical (unpaired) electrons. The van der Waals surface area contributed by atoms with E-state index >= 15 is 0 Å². The first-order valence-electron chi connectivity index (χ1n) is 13.1. The number of carboxylic acid groups (broad SMARTS) is 1. The number of nitrogens with zero attached hydrogens (tertiary/aromatic N) is 1. The van der Waals surface area contributed by atoms with Gasteiger partial charge < -0.3 is 19.9 Å². The van der Waals surface area contributed by atoms with Gasteiger partial charge in [0.15, 0.2) is 5.79 Å². The van der Waals surface area contributed by atoms with Crippen LogP contribution in [-0.4, -0.2) is 46.2 Å². The number of amides is 1. The Balaban J connectivity index is 1.47. The molecule has 3 aromatic carbocycles. The number of rotatable bonds is 7. The van der Waals surface area contributed by atoms with Crippen LogP contribution in [-0.2, 0) is 16.0 Å². The van der Waals surface area contributed by atoms with Gasteiger partial charge in [0, 0.05) is 17.8 Å². The van der Waals surface area contributed by atoms with E-state index in [1.54, 1.807) is 12.1 Å². The summed E-state index contributed by atoms with van der Waals surface area (Å²) >= 11 is 0. The van der Waals surface area contributed by atoms with Crippen LogP contribution in [0.2, 0.25) is 0 Å². The molecule has 0 aliphatic carbocycles. The maximum Gasteiger partial charge on any atom is 0.408 e. The number of nitrogens with one attached hydrogen (secondary N) is 1. The molecule has 1 aliphatic heterocycles. The van der Waals surface area contributed by atoms with E-state index < -0.39 is 23.0 Å². The van der Waals surface area contributed by atoms with Crippen molar-refractivity contribution >= 4 is 17.9 Å². The molecule has 1 aliphatic rings. The molecule has 1 amide bonds. The second-order valence-corrected chi connectivity index (χ2v) is 11.4. The highest BCUT2D eigenvalue weighted by atomic mass is 19.1. The van der Waals surface area contributed by atoms with Crippen LogP contribution in [0.1, 0.15) is 45.7 Å². The maximum absolute atomic E-state index is 13.1. The van der Waals surface area contributed by atoms with Crippen LogP contribution in [0.15, 0.2) is 78.9 Å². The molecule has 3 aromatic rings. The Morgan fingerprint density at radius 1 is 0.949 bits per heavy atom. The standard InChI is InChI=1S/C32H37FN2O4/c1-30(2,3)35(29(36)37)32(21-38-31(4,5)39-22-32)19-18-23-6-10-25(11-7-23)26-12-8-24(9-13-26)20-34-28-16-14-27(33)15-17-28/h6-19,34H,20-22H2,1-5H3,(H,36,37). The smallest absolute Gasteiger partial charge is 0.408 e. The minimum atomic E-state index is -1.02. The van der Waals surface area contributed by atoms with Crippen molar-refractivity contribution in [1.82, 2.24) is 4.90 Å². The Bertz CT molecular complexity index is 1280. The van der Waals surface area contributed by atoms with Crippen LogP contribution < -0.4 is 5.32 Å². The van der Waals surface area contributed by atoms with Crippen LogP contribution >= 0.6 is 0 Å². The first kappa shape index (κ1) is 28.3. The first-order chi connectivity index (χ1) is 18.4. The molecule has 4 rings (SSSR count). The van der Waals surface area contributed by atoms with Crippen LogP contribution in [0.5, 0.6) is 0 Å². The zero-order valence-corrected chi connectivity index (χ0v) is 23.2. The van der Waals surface area contributed by atoms with Gasteiger partial charge in [-0.1, -0.05) is 60.7 Å². The second kappa shape index (κ2) is 11.2. The summed E-state index contributed by atoms with van der Waals surface area (Å²) in [6, 6.07) is 22.7. The van der Waals surface area contributed by atoms with Gasteiger partial charge in [-0.25, -0.2) is 9.18 Å². The normalized spacial score (nSPS) is 16.7. The molecular formula is C32H37FN2O4. The van der Waals surface area contributed by atoms with Crippen molar-refractivity contribution in [3.05, 3.63) is 95.8 Å². The van der Waals surface area contributed by atoms with Gasteiger partial charge in [0.05, 0.1) is 13.2 Å². The highest BCUT2D eigenvalue weighted by molar-refractivity contribution is 5.69. The number of benzene rings is 3. The zero-order chi connectivity index (χ0) is 28.3. The summed E-state index contributed by atoms with van der Waals surface area (Å²) in [5.74, 6) is -1.02. The highest BCUT2D eigenvalue weighted by Gasteiger charge is 2.49. The predicted molar refractivity (Wildman–Crippen MR) is 153 cm³/mol. The van der Waals surface area contributed by atoms with Gasteiger partial charge in [0.2, 0.25) is 0 Å². The molecule has 0 bridgehead atoms. The number of hydrogen-bond acceptors (Lipinski definition) is 4. The third-order valence-electron chi connectivity index (χ3n) is 6.77. The minimum absolute atomic E-state index is 0.195. The summed E-state index contributed by atoms with van der Waals surface area (Å²) in [7, 11) is 0. The molecular weight excluding hydrogens is 495 g/mol. The fourth-order valence-electron chi connectivity index (χ4n) is 4.75. The van der Waals surface area contributed by atoms with Crippen LogP contribution in [0, 0.1) is 5.82 Å². The van der Waals surface area contributed by atoms with Gasteiger partial charge in [-0.05, 0) is 81.1 Å². The van der Waals surface area contributed by atoms with E-state index in [2.05, 4.69) is 29.6 Å². The van der Waals surface area contributed by atoms with Gasteiger partial charge in [-0.15, -0.1) is 0 Å². The number of carbonyl (C=O) groups is 1. The monoisotopic (exact) mass is 532 g/mol. The lowest BCUT2D eigenvalue weighted by molar-refractivity contribution is -0.279. The van der Waals surface area contributed by atoms with E-state index in [0.29, 0.717) is 6.54 Å². The van der Waals surface area contributed by atoms with E-state index in [9.17, 15) is 14.3 Å². The van der Waals surface area contributed by atoms with Crippen LogP contribution in [0.3, 0.4) is 0 Å². The molecule has 0 aromatic heterocycles. The predicted octanol–water partition coefficient (Wildman–Crippen LogP) is 7.42. The Hall–Kier alpha value is -3.68. The Morgan fingerprint density at radius 3 is 2.00 bits per heavy atom. The topological polar surface area (TPSA) is 71.0 Å². The molecule has 0 spiro atoms. The van der Waals surface area contributed by atoms with Crippen molar-refractivity contribution < 1.29 is 23.8 Å². The van der Waals surface area contributed by atoms with E-state index in [0.717, 1.165) is 27.9 Å². The van der Waals surface area contributed by atoms with Crippen molar-refractivity contribution in [2.24, 2.45) is 0 Å². The molecule has 1 saturated heterocycles. The van der Waals surface area contributed by atoms with E-state index in [4.69, 9.17) is 9.47 Å². The van der Waals surface area contributed by atoms with Gasteiger partial charge in [-0.2, -0.15) is 0 Å². The number of anilines is 1. The fraction of sp³-hybridized carbons (Fsp3) is 0.344. The third-order valence-corrected chi connectivity index (χ3v) is 6.77. The van der Waals surface area contributed by atoms with Gasteiger partial charge in [0.25, 0.3) is 0 Å². The first-order valence-corrected chi connectivity index (χ1v) is 13.1. The Kier molecular flexibility index (Phi) is 8.14. The molecule has 206 valence electrons. The highest BCUT2D eigenvalue weighted by Crippen LogP contribution is 2.35. The summed E-state index contributed by atoms with van der Waals surface area (Å²) in [5, 5.41) is 13.4. The van der Waals surface area contributed by atoms with Crippen molar-refractivity contribution in [3.63, 3.8) is 0 Å². The molecule has 39 heavy (non-hydrogen) atoms. The SMILES string of the molecule is CC1(C)OCC(C=Cc2ccc(-c3ccc(CNc4ccc(F)cc4)cc3)cc2)(N(C(=O)O)C(C)(C)C)CO1. The lowest BCUT2D eigenvalue weighted by Crippen LogP contribution is -2.66. The quantitative estimate of drug-likeness (QED) is 0.331. The third kappa shape index (κ3) is 7.05. The van der Waals surface area contributed by atoms with Crippen molar-refractivity contribution in [2.45, 2.75) is 58.0 Å². The largest absolute Gasteiger partial charge is 0.465 e. The van der Waals surface area contributed by atoms with Gasteiger partial charge >= 0.3 is 6.09 Å². The zero-order valence-electron chi connectivity index (χ0n) is 23.2. The number of ether oxygens (including phenoxy) is 2. The molecule has 0 saturated carbocycles. The van der Waals surface area contributed by atoms with Crippen molar-refractivity contribution in [2.75, 3.05) is 18.5 Å². The van der Waals surface area contributed by atoms with Crippen molar-refractivity contribution in [1.29, 1.82) is 0 Å². The van der Waals surface area contributed by atoms with Gasteiger partial charge in [-0.3, -0.25) is 4.90 Å². The summed E-state index contributed by atoms with van der Waals surface area (Å²) < 4.78 is 25.0. The number of hydrogen-bond donors (Lipinski definition) is 2. The van der Waals surface area contributed by atoms with Crippen LogP contribution in [0.25, 0.3) is 17.2 Å². The Labute approximate surface area is 230 Å². The van der Waals surface area contributed by atoms with E-state index in [1.165, 1.54) is 17.0 Å². The molecule has 0 atom stereocenters. The van der Waals surface area contributed by atoms with Crippen LogP contribution in [0.4, 0.5) is 14.9 Å². The minimum Gasteiger partial charge on any atom is -0.465 e. The molecule has 2 N–H and O–H groups in total. The second-order valence-electron chi connectivity index (χ2n) is 11.4. The van der Waals surface area contributed by atoms with Gasteiger partial charge in [0.1, 0.15) is 11.4 Å². The lowest BCUT2D eigenvalue weighted by atomic mass is 9.90. The molecule has 1 heterocycles. The average Bonchev–Trinajstić information content (AvgIpc) is 2.88. The summed E-state index contributed by atoms with van der Waals surface area (Å²) in [6.45, 7) is 10.3. The fourth-order valence-corrected chi connectivity index (χ4v) is 4.75. The maximum atomic E-state index is 13.1.